The van der Waals surface area contributed by atoms with Crippen LogP contribution >= 0.6 is 11.6 Å². The molecule has 24 heavy (non-hydrogen) atoms. The Balaban J connectivity index is 1.68. The molecule has 1 amide bonds. The number of rotatable bonds is 4. The van der Waals surface area contributed by atoms with Crippen molar-refractivity contribution in [3.8, 4) is 0 Å². The molecule has 0 radical (unpaired) electrons. The van der Waals surface area contributed by atoms with E-state index < -0.39 is 11.7 Å². The summed E-state index contributed by atoms with van der Waals surface area (Å²) in [5.74, 6) is -0.787. The highest BCUT2D eigenvalue weighted by molar-refractivity contribution is 6.30. The van der Waals surface area contributed by atoms with Crippen molar-refractivity contribution in [2.24, 2.45) is 0 Å². The normalized spacial score (nSPS) is 10.2. The summed E-state index contributed by atoms with van der Waals surface area (Å²) in [4.78, 5) is 16.2. The first-order valence-corrected chi connectivity index (χ1v) is 7.54. The highest BCUT2D eigenvalue weighted by Crippen LogP contribution is 2.20. The van der Waals surface area contributed by atoms with E-state index in [2.05, 4.69) is 15.6 Å². The molecule has 4 nitrogen and oxygen atoms in total. The number of aromatic nitrogens is 1. The van der Waals surface area contributed by atoms with E-state index in [0.717, 1.165) is 11.4 Å². The second kappa shape index (κ2) is 7.10. The number of nitrogens with one attached hydrogen (secondary N) is 2. The van der Waals surface area contributed by atoms with Crippen molar-refractivity contribution in [2.45, 2.75) is 0 Å². The fourth-order valence-corrected chi connectivity index (χ4v) is 2.29. The van der Waals surface area contributed by atoms with Crippen LogP contribution in [0.15, 0.2) is 66.9 Å². The average molecular weight is 342 g/mol. The maximum absolute atomic E-state index is 13.6. The van der Waals surface area contributed by atoms with Crippen molar-refractivity contribution in [3.63, 3.8) is 0 Å². The summed E-state index contributed by atoms with van der Waals surface area (Å²) >= 11 is 5.93. The summed E-state index contributed by atoms with van der Waals surface area (Å²) in [6.45, 7) is 0. The fraction of sp³-hybridized carbons (Fsp3) is 0. The molecule has 0 aliphatic heterocycles. The summed E-state index contributed by atoms with van der Waals surface area (Å²) in [6, 6.07) is 16.4. The van der Waals surface area contributed by atoms with Gasteiger partial charge in [0.2, 0.25) is 0 Å². The molecule has 2 aromatic carbocycles. The van der Waals surface area contributed by atoms with Crippen molar-refractivity contribution in [2.75, 3.05) is 10.6 Å². The van der Waals surface area contributed by atoms with Crippen LogP contribution in [-0.2, 0) is 0 Å². The molecule has 2 N–H and O–H groups in total. The number of pyridine rings is 1. The Kier molecular flexibility index (Phi) is 4.72. The fourth-order valence-electron chi connectivity index (χ4n) is 2.10. The highest BCUT2D eigenvalue weighted by Gasteiger charge is 2.11. The van der Waals surface area contributed by atoms with E-state index in [-0.39, 0.29) is 5.56 Å². The van der Waals surface area contributed by atoms with Gasteiger partial charge in [-0.1, -0.05) is 29.8 Å². The van der Waals surface area contributed by atoms with Crippen LogP contribution in [0.4, 0.5) is 21.6 Å². The van der Waals surface area contributed by atoms with Gasteiger partial charge in [-0.2, -0.15) is 0 Å². The molecule has 0 spiro atoms. The van der Waals surface area contributed by atoms with Gasteiger partial charge in [-0.05, 0) is 42.5 Å². The van der Waals surface area contributed by atoms with E-state index >= 15 is 0 Å². The zero-order chi connectivity index (χ0) is 16.9. The number of benzene rings is 2. The molecule has 0 bridgehead atoms. The predicted molar refractivity (Wildman–Crippen MR) is 93.3 cm³/mol. The Morgan fingerprint density at radius 1 is 1.00 bits per heavy atom. The van der Waals surface area contributed by atoms with E-state index in [0.29, 0.717) is 10.8 Å². The summed E-state index contributed by atoms with van der Waals surface area (Å²) in [5.41, 5.74) is 1.54. The molecule has 3 aromatic rings. The molecule has 0 aliphatic carbocycles. The van der Waals surface area contributed by atoms with Crippen LogP contribution in [0.3, 0.4) is 0 Å². The number of hydrogen-bond donors (Lipinski definition) is 2. The molecule has 1 aromatic heterocycles. The maximum Gasteiger partial charge on any atom is 0.259 e. The van der Waals surface area contributed by atoms with Gasteiger partial charge in [-0.3, -0.25) is 4.79 Å². The number of carbonyl (C=O) groups excluding carboxylic acids is 1. The second-order valence-corrected chi connectivity index (χ2v) is 5.44. The quantitative estimate of drug-likeness (QED) is 0.711. The molecule has 120 valence electrons. The predicted octanol–water partition coefficient (Wildman–Crippen LogP) is 4.87. The van der Waals surface area contributed by atoms with Gasteiger partial charge >= 0.3 is 0 Å². The van der Waals surface area contributed by atoms with Crippen molar-refractivity contribution in [1.82, 2.24) is 4.98 Å². The van der Waals surface area contributed by atoms with Crippen molar-refractivity contribution in [1.29, 1.82) is 0 Å². The van der Waals surface area contributed by atoms with Crippen molar-refractivity contribution < 1.29 is 9.18 Å². The van der Waals surface area contributed by atoms with Gasteiger partial charge in [0.1, 0.15) is 11.6 Å². The molecule has 0 saturated carbocycles. The lowest BCUT2D eigenvalue weighted by molar-refractivity contribution is 0.102. The maximum atomic E-state index is 13.6. The third-order valence-electron chi connectivity index (χ3n) is 3.24. The lowest BCUT2D eigenvalue weighted by atomic mass is 10.2. The Bertz CT molecular complexity index is 868. The van der Waals surface area contributed by atoms with Crippen LogP contribution < -0.4 is 10.6 Å². The van der Waals surface area contributed by atoms with Gasteiger partial charge in [0.25, 0.3) is 5.91 Å². The van der Waals surface area contributed by atoms with Crippen LogP contribution in [0, 0.1) is 5.82 Å². The lowest BCUT2D eigenvalue weighted by Gasteiger charge is -2.08. The second-order valence-electron chi connectivity index (χ2n) is 5.00. The molecule has 0 aliphatic rings. The van der Waals surface area contributed by atoms with E-state index in [1.807, 2.05) is 12.1 Å². The first kappa shape index (κ1) is 16.0. The minimum atomic E-state index is -0.575. The van der Waals surface area contributed by atoms with Gasteiger partial charge in [-0.25, -0.2) is 9.37 Å². The monoisotopic (exact) mass is 341 g/mol. The molecule has 0 saturated heterocycles. The van der Waals surface area contributed by atoms with Gasteiger partial charge < -0.3 is 10.6 Å². The third kappa shape index (κ3) is 3.88. The molecule has 0 fully saturated rings. The van der Waals surface area contributed by atoms with Gasteiger partial charge in [0, 0.05) is 10.7 Å². The van der Waals surface area contributed by atoms with E-state index in [1.165, 1.54) is 18.2 Å². The number of halogens is 2. The molecular formula is C18H13ClFN3O. The van der Waals surface area contributed by atoms with E-state index in [4.69, 9.17) is 11.6 Å². The molecular weight excluding hydrogens is 329 g/mol. The van der Waals surface area contributed by atoms with E-state index in [9.17, 15) is 9.18 Å². The summed E-state index contributed by atoms with van der Waals surface area (Å²) < 4.78 is 13.6. The Morgan fingerprint density at radius 2 is 1.83 bits per heavy atom. The molecule has 0 unspecified atom stereocenters. The summed E-state index contributed by atoms with van der Waals surface area (Å²) in [6.07, 6.45) is 1.57. The van der Waals surface area contributed by atoms with Crippen LogP contribution in [0.25, 0.3) is 0 Å². The van der Waals surface area contributed by atoms with E-state index in [1.54, 1.807) is 36.5 Å². The number of hydrogen-bond acceptors (Lipinski definition) is 3. The topological polar surface area (TPSA) is 54.0 Å². The van der Waals surface area contributed by atoms with Crippen LogP contribution in [0.1, 0.15) is 10.4 Å². The molecule has 0 atom stereocenters. The van der Waals surface area contributed by atoms with Crippen LogP contribution in [-0.4, -0.2) is 10.9 Å². The first-order valence-electron chi connectivity index (χ1n) is 7.16. The van der Waals surface area contributed by atoms with Crippen molar-refractivity contribution >= 4 is 34.7 Å². The Hall–Kier alpha value is -2.92. The smallest absolute Gasteiger partial charge is 0.259 e. The third-order valence-corrected chi connectivity index (χ3v) is 3.47. The van der Waals surface area contributed by atoms with Crippen LogP contribution in [0.2, 0.25) is 5.02 Å². The molecule has 3 rings (SSSR count). The Morgan fingerprint density at radius 3 is 2.54 bits per heavy atom. The standard InChI is InChI=1S/C18H13ClFN3O/c19-12-4-3-5-13(10-12)22-14-8-9-17(21-11-14)23-18(24)15-6-1-2-7-16(15)20/h1-11,22H,(H,21,23,24). The zero-order valence-electron chi connectivity index (χ0n) is 12.5. The minimum Gasteiger partial charge on any atom is -0.354 e. The highest BCUT2D eigenvalue weighted by atomic mass is 35.5. The lowest BCUT2D eigenvalue weighted by Crippen LogP contribution is -2.14. The number of nitrogens with zero attached hydrogens (tertiary/aromatic N) is 1. The van der Waals surface area contributed by atoms with Crippen molar-refractivity contribution in [3.05, 3.63) is 83.3 Å². The number of carbonyl (C=O) groups is 1. The number of amides is 1. The van der Waals surface area contributed by atoms with Gasteiger partial charge in [-0.15, -0.1) is 0 Å². The summed E-state index contributed by atoms with van der Waals surface area (Å²) in [7, 11) is 0. The van der Waals surface area contributed by atoms with Gasteiger partial charge in [0.05, 0.1) is 17.4 Å². The number of anilines is 3. The molecule has 6 heteroatoms. The average Bonchev–Trinajstić information content (AvgIpc) is 2.57. The first-order chi connectivity index (χ1) is 11.6. The van der Waals surface area contributed by atoms with Gasteiger partial charge in [0.15, 0.2) is 0 Å². The molecule has 1 heterocycles. The van der Waals surface area contributed by atoms with Crippen LogP contribution in [0.5, 0.6) is 0 Å². The Labute approximate surface area is 143 Å². The largest absolute Gasteiger partial charge is 0.354 e. The SMILES string of the molecule is O=C(Nc1ccc(Nc2cccc(Cl)c2)cn1)c1ccccc1F. The minimum absolute atomic E-state index is 0.0274. The summed E-state index contributed by atoms with van der Waals surface area (Å²) in [5, 5.41) is 6.33. The zero-order valence-corrected chi connectivity index (χ0v) is 13.2.